The molecule has 0 aliphatic rings. The molecule has 0 fully saturated rings. The molecule has 1 amide bonds. The van der Waals surface area contributed by atoms with Crippen LogP contribution in [0.15, 0.2) is 30.3 Å². The number of hydrogen-bond donors (Lipinski definition) is 3. The van der Waals surface area contributed by atoms with Crippen LogP contribution >= 0.6 is 0 Å². The Bertz CT molecular complexity index is 307. The predicted molar refractivity (Wildman–Crippen MR) is 57.6 cm³/mol. The summed E-state index contributed by atoms with van der Waals surface area (Å²) in [6.07, 6.45) is -0.684. The summed E-state index contributed by atoms with van der Waals surface area (Å²) in [5.41, 5.74) is 5.71. The summed E-state index contributed by atoms with van der Waals surface area (Å²) in [4.78, 5) is 11.0. The smallest absolute Gasteiger partial charge is 0.489 e. The van der Waals surface area contributed by atoms with E-state index in [2.05, 4.69) is 9.97 Å². The van der Waals surface area contributed by atoms with Crippen LogP contribution < -0.4 is 16.5 Å². The second-order valence-electron chi connectivity index (χ2n) is 2.88. The van der Waals surface area contributed by atoms with Crippen molar-refractivity contribution in [2.45, 2.75) is 0 Å². The van der Waals surface area contributed by atoms with E-state index in [0.717, 1.165) is 0 Å². The zero-order valence-electron chi connectivity index (χ0n) is 8.22. The molecule has 0 saturated heterocycles. The van der Waals surface area contributed by atoms with Gasteiger partial charge in [-0.15, -0.1) is 0 Å². The molecule has 1 rings (SSSR count). The van der Waals surface area contributed by atoms with Crippen LogP contribution in [0.2, 0.25) is 0 Å². The highest BCUT2D eigenvalue weighted by atomic mass is 16.6. The third kappa shape index (κ3) is 4.01. The maximum Gasteiger partial charge on any atom is 0.563 e. The molecule has 4 N–H and O–H groups in total. The molecule has 1 aromatic carbocycles. The minimum Gasteiger partial charge on any atom is -0.489 e. The molecule has 80 valence electrons. The number of carbonyl (C=O) groups excluding carboxylic acids is 1. The molecular weight excluding hydrogens is 195 g/mol. The lowest BCUT2D eigenvalue weighted by molar-refractivity contribution is 0.193. The normalized spacial score (nSPS) is 9.47. The quantitative estimate of drug-likeness (QED) is 0.557. The highest BCUT2D eigenvalue weighted by molar-refractivity contribution is 6.61. The molecule has 0 spiro atoms. The van der Waals surface area contributed by atoms with E-state index in [0.29, 0.717) is 18.6 Å². The maximum atomic E-state index is 11.0. The number of nitrogens with two attached hydrogens (primary N) is 1. The lowest BCUT2D eigenvalue weighted by atomic mass is 9.80. The van der Waals surface area contributed by atoms with Crippen LogP contribution in [0.4, 0.5) is 4.79 Å². The van der Waals surface area contributed by atoms with Crippen molar-refractivity contribution in [3.8, 4) is 0 Å². The van der Waals surface area contributed by atoms with Crippen LogP contribution in [0.25, 0.3) is 0 Å². The molecule has 0 unspecified atom stereocenters. The Labute approximate surface area is 88.4 Å². The van der Waals surface area contributed by atoms with E-state index in [1.165, 1.54) is 0 Å². The number of carbonyl (C=O) groups is 1. The van der Waals surface area contributed by atoms with Gasteiger partial charge in [0.25, 0.3) is 0 Å². The Hall–Kier alpha value is -1.53. The van der Waals surface area contributed by atoms with Crippen LogP contribution in [-0.4, -0.2) is 31.3 Å². The van der Waals surface area contributed by atoms with Crippen LogP contribution in [-0.2, 0) is 4.65 Å². The molecule has 15 heavy (non-hydrogen) atoms. The first-order chi connectivity index (χ1) is 7.24. The second kappa shape index (κ2) is 6.05. The Kier molecular flexibility index (Phi) is 4.66. The minimum atomic E-state index is -1.25. The second-order valence-corrected chi connectivity index (χ2v) is 2.88. The molecule has 0 saturated carbocycles. The Morgan fingerprint density at radius 3 is 2.73 bits per heavy atom. The van der Waals surface area contributed by atoms with Crippen molar-refractivity contribution in [2.75, 3.05) is 13.1 Å². The summed E-state index contributed by atoms with van der Waals surface area (Å²) < 4.78 is 4.69. The van der Waals surface area contributed by atoms with Gasteiger partial charge in [-0.2, -0.15) is 0 Å². The summed E-state index contributed by atoms with van der Waals surface area (Å²) in [7, 11) is -1.25. The number of hydrogen-bond acceptors (Lipinski definition) is 4. The summed E-state index contributed by atoms with van der Waals surface area (Å²) in [6.45, 7) is 0.650. The minimum absolute atomic E-state index is 0.320. The predicted octanol–water partition coefficient (Wildman–Crippen LogP) is -0.941. The van der Waals surface area contributed by atoms with Gasteiger partial charge >= 0.3 is 13.2 Å². The van der Waals surface area contributed by atoms with Gasteiger partial charge < -0.3 is 20.7 Å². The van der Waals surface area contributed by atoms with Crippen LogP contribution in [0.3, 0.4) is 0 Å². The van der Waals surface area contributed by atoms with Gasteiger partial charge in [-0.05, 0) is 5.46 Å². The van der Waals surface area contributed by atoms with Crippen molar-refractivity contribution >= 4 is 18.7 Å². The highest BCUT2D eigenvalue weighted by Crippen LogP contribution is 1.88. The van der Waals surface area contributed by atoms with E-state index in [9.17, 15) is 9.82 Å². The van der Waals surface area contributed by atoms with E-state index in [-0.39, 0.29) is 0 Å². The Morgan fingerprint density at radius 2 is 2.13 bits per heavy atom. The van der Waals surface area contributed by atoms with Gasteiger partial charge in [0.1, 0.15) is 0 Å². The molecule has 0 heterocycles. The third-order valence-electron chi connectivity index (χ3n) is 1.72. The van der Waals surface area contributed by atoms with E-state index in [4.69, 9.17) is 5.73 Å². The molecule has 1 aromatic rings. The molecule has 0 bridgehead atoms. The number of benzene rings is 1. The fourth-order valence-corrected chi connectivity index (χ4v) is 1.00. The van der Waals surface area contributed by atoms with Crippen molar-refractivity contribution in [2.24, 2.45) is 5.73 Å². The van der Waals surface area contributed by atoms with Gasteiger partial charge in [0.15, 0.2) is 0 Å². The number of nitrogens with one attached hydrogen (secondary N) is 1. The van der Waals surface area contributed by atoms with Gasteiger partial charge in [-0.1, -0.05) is 30.3 Å². The number of amides is 1. The van der Waals surface area contributed by atoms with E-state index >= 15 is 0 Å². The average molecular weight is 208 g/mol. The van der Waals surface area contributed by atoms with Crippen molar-refractivity contribution < 1.29 is 14.5 Å². The van der Waals surface area contributed by atoms with E-state index < -0.39 is 13.2 Å². The molecule has 0 aromatic heterocycles. The van der Waals surface area contributed by atoms with E-state index in [1.54, 1.807) is 24.3 Å². The van der Waals surface area contributed by atoms with Crippen molar-refractivity contribution in [1.29, 1.82) is 0 Å². The first-order valence-electron chi connectivity index (χ1n) is 4.61. The topological polar surface area (TPSA) is 84.6 Å². The van der Waals surface area contributed by atoms with Crippen LogP contribution in [0.5, 0.6) is 0 Å². The van der Waals surface area contributed by atoms with Gasteiger partial charge in [0.2, 0.25) is 0 Å². The summed E-state index contributed by atoms with van der Waals surface area (Å²) >= 11 is 0. The largest absolute Gasteiger partial charge is 0.563 e. The molecule has 0 aliphatic heterocycles. The maximum absolute atomic E-state index is 11.0. The van der Waals surface area contributed by atoms with E-state index in [1.807, 2.05) is 6.07 Å². The molecule has 6 heteroatoms. The fourth-order valence-electron chi connectivity index (χ4n) is 1.00. The van der Waals surface area contributed by atoms with Crippen molar-refractivity contribution in [3.63, 3.8) is 0 Å². The molecule has 0 aliphatic carbocycles. The molecule has 0 atom stereocenters. The third-order valence-corrected chi connectivity index (χ3v) is 1.72. The van der Waals surface area contributed by atoms with Crippen molar-refractivity contribution in [3.05, 3.63) is 30.3 Å². The first kappa shape index (κ1) is 11.5. The Morgan fingerprint density at radius 1 is 1.47 bits per heavy atom. The summed E-state index contributed by atoms with van der Waals surface area (Å²) in [5, 5.41) is 11.9. The highest BCUT2D eigenvalue weighted by Gasteiger charge is 2.20. The summed E-state index contributed by atoms with van der Waals surface area (Å²) in [6, 6.07) is 8.64. The van der Waals surface area contributed by atoms with Gasteiger partial charge in [0.05, 0.1) is 0 Å². The molecule has 5 nitrogen and oxygen atoms in total. The zero-order chi connectivity index (χ0) is 11.1. The van der Waals surface area contributed by atoms with Gasteiger partial charge in [0, 0.05) is 13.1 Å². The lowest BCUT2D eigenvalue weighted by Gasteiger charge is -2.08. The van der Waals surface area contributed by atoms with Crippen LogP contribution in [0, 0.1) is 0 Å². The number of rotatable bonds is 4. The molecular formula is C9H13BN2O3. The average Bonchev–Trinajstić information content (AvgIpc) is 2.27. The first-order valence-corrected chi connectivity index (χ1v) is 4.61. The summed E-state index contributed by atoms with van der Waals surface area (Å²) in [5.74, 6) is 0. The SMILES string of the molecule is NCCNC(=O)OB(O)c1ccccc1. The lowest BCUT2D eigenvalue weighted by Crippen LogP contribution is -2.40. The van der Waals surface area contributed by atoms with Gasteiger partial charge in [-0.25, -0.2) is 4.79 Å². The van der Waals surface area contributed by atoms with Crippen LogP contribution in [0.1, 0.15) is 0 Å². The standard InChI is InChI=1S/C9H13BN2O3/c11-6-7-12-9(13)15-10(14)8-4-2-1-3-5-8/h1-5,14H,6-7,11H2,(H,12,13). The zero-order valence-corrected chi connectivity index (χ0v) is 8.22. The van der Waals surface area contributed by atoms with Gasteiger partial charge in [-0.3, -0.25) is 0 Å². The molecule has 0 radical (unpaired) electrons. The fraction of sp³-hybridized carbons (Fsp3) is 0.222. The Balaban J connectivity index is 2.42. The monoisotopic (exact) mass is 208 g/mol. The van der Waals surface area contributed by atoms with Crippen molar-refractivity contribution in [1.82, 2.24) is 5.32 Å².